The molecule has 0 aliphatic rings. The number of rotatable bonds is 5. The van der Waals surface area contributed by atoms with Crippen LogP contribution < -0.4 is 5.32 Å². The van der Waals surface area contributed by atoms with E-state index in [9.17, 15) is 23.1 Å². The standard InChI is InChI=1S/C27H19F3N4O2/c28-27(29,30)21-5-1-4-20(13-21)26(36)32-22-6-2-3-19(14-22)24-11-12-31-25-15-23(33-34(24)25)18-9-7-17(16-35)8-10-18/h1-15,35H,16H2,(H,32,36). The average Bonchev–Trinajstić information content (AvgIpc) is 3.33. The molecule has 0 saturated carbocycles. The van der Waals surface area contributed by atoms with Gasteiger partial charge in [-0.25, -0.2) is 9.50 Å². The lowest BCUT2D eigenvalue weighted by atomic mass is 10.1. The summed E-state index contributed by atoms with van der Waals surface area (Å²) in [5, 5.41) is 16.6. The molecule has 36 heavy (non-hydrogen) atoms. The summed E-state index contributed by atoms with van der Waals surface area (Å²) in [5.41, 5.74) is 3.88. The number of fused-ring (bicyclic) bond motifs is 1. The summed E-state index contributed by atoms with van der Waals surface area (Å²) in [5.74, 6) is -0.647. The Morgan fingerprint density at radius 3 is 2.44 bits per heavy atom. The zero-order chi connectivity index (χ0) is 25.3. The van der Waals surface area contributed by atoms with E-state index in [-0.39, 0.29) is 12.2 Å². The highest BCUT2D eigenvalue weighted by Gasteiger charge is 2.30. The van der Waals surface area contributed by atoms with E-state index in [1.807, 2.05) is 36.4 Å². The second-order valence-electron chi connectivity index (χ2n) is 8.10. The van der Waals surface area contributed by atoms with Gasteiger partial charge in [0.25, 0.3) is 5.91 Å². The number of halogens is 3. The van der Waals surface area contributed by atoms with Crippen molar-refractivity contribution in [2.45, 2.75) is 12.8 Å². The lowest BCUT2D eigenvalue weighted by molar-refractivity contribution is -0.137. The molecular formula is C27H19F3N4O2. The predicted octanol–water partition coefficient (Wildman–Crippen LogP) is 5.83. The van der Waals surface area contributed by atoms with Crippen molar-refractivity contribution >= 4 is 17.2 Å². The van der Waals surface area contributed by atoms with E-state index in [0.29, 0.717) is 22.7 Å². The van der Waals surface area contributed by atoms with Crippen molar-refractivity contribution in [3.8, 4) is 22.5 Å². The molecule has 6 nitrogen and oxygen atoms in total. The van der Waals surface area contributed by atoms with Crippen LogP contribution in [0.3, 0.4) is 0 Å². The molecule has 2 N–H and O–H groups in total. The first-order valence-corrected chi connectivity index (χ1v) is 11.0. The van der Waals surface area contributed by atoms with E-state index in [2.05, 4.69) is 15.4 Å². The number of nitrogens with zero attached hydrogens (tertiary/aromatic N) is 3. The van der Waals surface area contributed by atoms with Crippen LogP contribution in [0.5, 0.6) is 0 Å². The molecule has 0 radical (unpaired) electrons. The maximum absolute atomic E-state index is 13.0. The van der Waals surface area contributed by atoms with Crippen molar-refractivity contribution in [3.05, 3.63) is 108 Å². The molecular weight excluding hydrogens is 469 g/mol. The van der Waals surface area contributed by atoms with Crippen molar-refractivity contribution in [2.24, 2.45) is 0 Å². The number of amides is 1. The van der Waals surface area contributed by atoms with Gasteiger partial charge in [-0.3, -0.25) is 4.79 Å². The van der Waals surface area contributed by atoms with Gasteiger partial charge in [0.1, 0.15) is 0 Å². The van der Waals surface area contributed by atoms with E-state index in [1.165, 1.54) is 12.1 Å². The zero-order valence-electron chi connectivity index (χ0n) is 18.7. The third-order valence-electron chi connectivity index (χ3n) is 5.66. The van der Waals surface area contributed by atoms with Gasteiger partial charge in [0.2, 0.25) is 0 Å². The molecule has 0 bridgehead atoms. The van der Waals surface area contributed by atoms with Crippen molar-refractivity contribution in [2.75, 3.05) is 5.32 Å². The van der Waals surface area contributed by atoms with E-state index in [4.69, 9.17) is 0 Å². The summed E-state index contributed by atoms with van der Waals surface area (Å²) in [7, 11) is 0. The molecule has 1 amide bonds. The molecule has 180 valence electrons. The quantitative estimate of drug-likeness (QED) is 0.326. The van der Waals surface area contributed by atoms with Crippen LogP contribution in [0.15, 0.2) is 91.1 Å². The van der Waals surface area contributed by atoms with Gasteiger partial charge < -0.3 is 10.4 Å². The first kappa shape index (κ1) is 23.3. The minimum absolute atomic E-state index is 0.0439. The molecule has 0 fully saturated rings. The van der Waals surface area contributed by atoms with Crippen LogP contribution in [-0.2, 0) is 12.8 Å². The Bertz CT molecular complexity index is 1560. The van der Waals surface area contributed by atoms with Gasteiger partial charge in [0.05, 0.1) is 23.6 Å². The number of hydrogen-bond donors (Lipinski definition) is 2. The molecule has 0 saturated heterocycles. The number of aliphatic hydroxyl groups is 1. The fraction of sp³-hybridized carbons (Fsp3) is 0.0741. The molecule has 3 aromatic carbocycles. The molecule has 0 atom stereocenters. The molecule has 5 rings (SSSR count). The second kappa shape index (κ2) is 9.27. The Balaban J connectivity index is 1.44. The molecule has 2 aromatic heterocycles. The highest BCUT2D eigenvalue weighted by Crippen LogP contribution is 2.30. The summed E-state index contributed by atoms with van der Waals surface area (Å²) < 4.78 is 40.7. The number of hydrogen-bond acceptors (Lipinski definition) is 4. The van der Waals surface area contributed by atoms with Crippen LogP contribution in [0.1, 0.15) is 21.5 Å². The molecule has 0 aliphatic heterocycles. The Morgan fingerprint density at radius 1 is 0.917 bits per heavy atom. The summed E-state index contributed by atoms with van der Waals surface area (Å²) >= 11 is 0. The Morgan fingerprint density at radius 2 is 1.69 bits per heavy atom. The number of aliphatic hydroxyl groups excluding tert-OH is 1. The number of carbonyl (C=O) groups excluding carboxylic acids is 1. The van der Waals surface area contributed by atoms with Gasteiger partial charge in [-0.1, -0.05) is 42.5 Å². The fourth-order valence-electron chi connectivity index (χ4n) is 3.83. The van der Waals surface area contributed by atoms with E-state index in [1.54, 1.807) is 35.0 Å². The van der Waals surface area contributed by atoms with E-state index < -0.39 is 17.6 Å². The molecule has 0 spiro atoms. The van der Waals surface area contributed by atoms with E-state index in [0.717, 1.165) is 28.8 Å². The van der Waals surface area contributed by atoms with Crippen LogP contribution in [0.2, 0.25) is 0 Å². The van der Waals surface area contributed by atoms with Crippen LogP contribution in [-0.4, -0.2) is 25.6 Å². The van der Waals surface area contributed by atoms with Gasteiger partial charge >= 0.3 is 6.18 Å². The van der Waals surface area contributed by atoms with Gasteiger partial charge in [0.15, 0.2) is 5.65 Å². The number of aromatic nitrogens is 3. The van der Waals surface area contributed by atoms with E-state index >= 15 is 0 Å². The minimum atomic E-state index is -4.54. The summed E-state index contributed by atoms with van der Waals surface area (Å²) in [4.78, 5) is 17.0. The van der Waals surface area contributed by atoms with Gasteiger partial charge in [-0.15, -0.1) is 0 Å². The SMILES string of the molecule is O=C(Nc1cccc(-c2ccnc3cc(-c4ccc(CO)cc4)nn23)c1)c1cccc(C(F)(F)F)c1. The van der Waals surface area contributed by atoms with Crippen LogP contribution in [0, 0.1) is 0 Å². The molecule has 0 unspecified atom stereocenters. The van der Waals surface area contributed by atoms with Crippen molar-refractivity contribution in [1.29, 1.82) is 0 Å². The second-order valence-corrected chi connectivity index (χ2v) is 8.10. The third kappa shape index (κ3) is 4.69. The van der Waals surface area contributed by atoms with Gasteiger partial charge in [-0.05, 0) is 42.0 Å². The lowest BCUT2D eigenvalue weighted by Crippen LogP contribution is -2.14. The zero-order valence-corrected chi connectivity index (χ0v) is 18.7. The van der Waals surface area contributed by atoms with Crippen LogP contribution in [0.25, 0.3) is 28.2 Å². The van der Waals surface area contributed by atoms with Gasteiger partial charge in [0, 0.05) is 34.6 Å². The topological polar surface area (TPSA) is 79.5 Å². The monoisotopic (exact) mass is 488 g/mol. The van der Waals surface area contributed by atoms with Crippen LogP contribution >= 0.6 is 0 Å². The highest BCUT2D eigenvalue weighted by molar-refractivity contribution is 6.04. The Hall–Kier alpha value is -4.50. The summed E-state index contributed by atoms with van der Waals surface area (Å²) in [6, 6.07) is 22.3. The number of carbonyl (C=O) groups is 1. The highest BCUT2D eigenvalue weighted by atomic mass is 19.4. The fourth-order valence-corrected chi connectivity index (χ4v) is 3.83. The Labute approximate surface area is 203 Å². The maximum atomic E-state index is 13.0. The Kier molecular flexibility index (Phi) is 5.99. The molecule has 9 heteroatoms. The van der Waals surface area contributed by atoms with Crippen LogP contribution in [0.4, 0.5) is 18.9 Å². The van der Waals surface area contributed by atoms with Gasteiger partial charge in [-0.2, -0.15) is 18.3 Å². The first-order valence-electron chi connectivity index (χ1n) is 11.0. The maximum Gasteiger partial charge on any atom is 0.416 e. The number of alkyl halides is 3. The minimum Gasteiger partial charge on any atom is -0.392 e. The lowest BCUT2D eigenvalue weighted by Gasteiger charge is -2.11. The van der Waals surface area contributed by atoms with Crippen molar-refractivity contribution in [3.63, 3.8) is 0 Å². The first-order chi connectivity index (χ1) is 17.3. The largest absolute Gasteiger partial charge is 0.416 e. The van der Waals surface area contributed by atoms with Crippen molar-refractivity contribution < 1.29 is 23.1 Å². The third-order valence-corrected chi connectivity index (χ3v) is 5.66. The summed E-state index contributed by atoms with van der Waals surface area (Å²) in [6.07, 6.45) is -2.88. The number of anilines is 1. The number of nitrogens with one attached hydrogen (secondary N) is 1. The normalized spacial score (nSPS) is 11.6. The average molecular weight is 488 g/mol. The molecule has 2 heterocycles. The predicted molar refractivity (Wildman–Crippen MR) is 129 cm³/mol. The molecule has 5 aromatic rings. The van der Waals surface area contributed by atoms with Crippen molar-refractivity contribution in [1.82, 2.24) is 14.6 Å². The number of benzene rings is 3. The summed E-state index contributed by atoms with van der Waals surface area (Å²) in [6.45, 7) is -0.0439. The smallest absolute Gasteiger partial charge is 0.392 e. The molecule has 0 aliphatic carbocycles.